The minimum Gasteiger partial charge on any atom is -0.343 e. The van der Waals surface area contributed by atoms with E-state index in [1.54, 1.807) is 25.2 Å². The van der Waals surface area contributed by atoms with Crippen LogP contribution in [0.2, 0.25) is 0 Å². The molecular weight excluding hydrogens is 644 g/mol. The van der Waals surface area contributed by atoms with Crippen LogP contribution in [0.5, 0.6) is 0 Å². The van der Waals surface area contributed by atoms with Crippen LogP contribution >= 0.6 is 0 Å². The van der Waals surface area contributed by atoms with Crippen LogP contribution in [0.3, 0.4) is 0 Å². The normalized spacial score (nSPS) is 18.3. The van der Waals surface area contributed by atoms with Crippen LogP contribution in [0.4, 0.5) is 11.6 Å². The van der Waals surface area contributed by atoms with Crippen molar-refractivity contribution in [3.05, 3.63) is 83.2 Å². The fourth-order valence-electron chi connectivity index (χ4n) is 7.17. The van der Waals surface area contributed by atoms with Gasteiger partial charge in [0.05, 0.1) is 12.5 Å². The molecule has 2 saturated heterocycles. The Morgan fingerprint density at radius 1 is 0.961 bits per heavy atom. The van der Waals surface area contributed by atoms with Gasteiger partial charge in [-0.15, -0.1) is 0 Å². The van der Waals surface area contributed by atoms with Gasteiger partial charge in [-0.25, -0.2) is 4.98 Å². The number of fused-ring (bicyclic) bond motifs is 1. The molecule has 2 N–H and O–H groups in total. The fourth-order valence-corrected chi connectivity index (χ4v) is 7.17. The first kappa shape index (κ1) is 33.9. The summed E-state index contributed by atoms with van der Waals surface area (Å²) in [5.41, 5.74) is 4.54. The van der Waals surface area contributed by atoms with Crippen molar-refractivity contribution in [1.29, 1.82) is 0 Å². The lowest BCUT2D eigenvalue weighted by Crippen LogP contribution is -2.48. The van der Waals surface area contributed by atoms with E-state index in [0.29, 0.717) is 49.7 Å². The number of carbonyl (C=O) groups is 4. The molecule has 0 bridgehead atoms. The fraction of sp³-hybridized carbons (Fsp3) is 0.385. The summed E-state index contributed by atoms with van der Waals surface area (Å²) in [6.07, 6.45) is 6.96. The molecule has 262 valence electrons. The van der Waals surface area contributed by atoms with Crippen LogP contribution in [0.15, 0.2) is 60.8 Å². The maximum absolute atomic E-state index is 13.3. The van der Waals surface area contributed by atoms with Crippen molar-refractivity contribution in [2.75, 3.05) is 52.1 Å². The Morgan fingerprint density at radius 2 is 1.69 bits per heavy atom. The van der Waals surface area contributed by atoms with E-state index in [4.69, 9.17) is 4.98 Å². The van der Waals surface area contributed by atoms with Gasteiger partial charge in [-0.3, -0.25) is 29.4 Å². The standard InChI is InChI=1S/C39H42N8O4/c1-44(2)38(51)33-24-29-25-40-39(43-35(29)47(33)31-7-3-4-8-31)41-30-15-13-28(14-16-30)37(50)46-22-20-45(21-23-46)19-5-6-26-9-11-27(12-10-26)32-17-18-34(48)42-36(32)49/h9-16,24-25,31-32H,3-4,7-8,17-23H2,1-2H3,(H,40,41,43)(H,42,48,49). The molecule has 0 spiro atoms. The third-order valence-corrected chi connectivity index (χ3v) is 10.0. The lowest BCUT2D eigenvalue weighted by Gasteiger charge is -2.33. The van der Waals surface area contributed by atoms with E-state index in [0.717, 1.165) is 66.6 Å². The summed E-state index contributed by atoms with van der Waals surface area (Å²) in [5.74, 6) is 6.07. The Morgan fingerprint density at radius 3 is 2.37 bits per heavy atom. The zero-order chi connectivity index (χ0) is 35.5. The van der Waals surface area contributed by atoms with Crippen LogP contribution in [0.25, 0.3) is 11.0 Å². The van der Waals surface area contributed by atoms with Gasteiger partial charge in [0, 0.05) is 81.1 Å². The van der Waals surface area contributed by atoms with Crippen molar-refractivity contribution in [3.8, 4) is 11.8 Å². The quantitative estimate of drug-likeness (QED) is 0.217. The topological polar surface area (TPSA) is 133 Å². The molecule has 0 radical (unpaired) electrons. The molecule has 4 amide bonds. The number of imide groups is 1. The lowest BCUT2D eigenvalue weighted by atomic mass is 9.90. The summed E-state index contributed by atoms with van der Waals surface area (Å²) >= 11 is 0. The van der Waals surface area contributed by atoms with Crippen LogP contribution in [-0.2, 0) is 9.59 Å². The molecule has 1 atom stereocenters. The van der Waals surface area contributed by atoms with Crippen LogP contribution < -0.4 is 10.6 Å². The van der Waals surface area contributed by atoms with E-state index >= 15 is 0 Å². The number of carbonyl (C=O) groups excluding carboxylic acids is 4. The maximum atomic E-state index is 13.3. The van der Waals surface area contributed by atoms with Gasteiger partial charge >= 0.3 is 0 Å². The van der Waals surface area contributed by atoms with Crippen molar-refractivity contribution >= 4 is 46.3 Å². The Hall–Kier alpha value is -5.54. The second kappa shape index (κ2) is 14.7. The van der Waals surface area contributed by atoms with Crippen molar-refractivity contribution in [3.63, 3.8) is 0 Å². The highest BCUT2D eigenvalue weighted by molar-refractivity contribution is 6.01. The Kier molecular flexibility index (Phi) is 9.81. The first-order valence-corrected chi connectivity index (χ1v) is 17.6. The van der Waals surface area contributed by atoms with Crippen molar-refractivity contribution in [2.24, 2.45) is 0 Å². The average molecular weight is 687 g/mol. The highest BCUT2D eigenvalue weighted by Gasteiger charge is 2.28. The van der Waals surface area contributed by atoms with Gasteiger partial charge in [0.2, 0.25) is 17.8 Å². The Balaban J connectivity index is 0.924. The molecule has 1 aliphatic carbocycles. The second-order valence-electron chi connectivity index (χ2n) is 13.7. The number of hydrogen-bond donors (Lipinski definition) is 2. The maximum Gasteiger partial charge on any atom is 0.270 e. The molecule has 2 aromatic carbocycles. The lowest BCUT2D eigenvalue weighted by molar-refractivity contribution is -0.134. The zero-order valence-electron chi connectivity index (χ0n) is 29.0. The van der Waals surface area contributed by atoms with E-state index in [1.165, 1.54) is 0 Å². The molecule has 51 heavy (non-hydrogen) atoms. The molecule has 2 aliphatic heterocycles. The van der Waals surface area contributed by atoms with Crippen molar-refractivity contribution in [2.45, 2.75) is 50.5 Å². The molecule has 12 heteroatoms. The molecule has 3 fully saturated rings. The van der Waals surface area contributed by atoms with Crippen molar-refractivity contribution < 1.29 is 19.2 Å². The average Bonchev–Trinajstić information content (AvgIpc) is 3.80. The van der Waals surface area contributed by atoms with E-state index in [9.17, 15) is 19.2 Å². The Bertz CT molecular complexity index is 2010. The third kappa shape index (κ3) is 7.49. The highest BCUT2D eigenvalue weighted by Crippen LogP contribution is 2.35. The van der Waals surface area contributed by atoms with Gasteiger partial charge in [-0.1, -0.05) is 36.8 Å². The highest BCUT2D eigenvalue weighted by atomic mass is 16.2. The van der Waals surface area contributed by atoms with Gasteiger partial charge in [-0.2, -0.15) is 4.98 Å². The predicted octanol–water partition coefficient (Wildman–Crippen LogP) is 4.32. The number of aromatic nitrogens is 3. The van der Waals surface area contributed by atoms with Gasteiger partial charge in [0.25, 0.3) is 11.8 Å². The molecule has 1 unspecified atom stereocenters. The number of piperidine rings is 1. The first-order valence-electron chi connectivity index (χ1n) is 17.6. The zero-order valence-corrected chi connectivity index (χ0v) is 29.0. The van der Waals surface area contributed by atoms with E-state index < -0.39 is 0 Å². The van der Waals surface area contributed by atoms with Gasteiger partial charge in [0.1, 0.15) is 11.3 Å². The monoisotopic (exact) mass is 686 g/mol. The van der Waals surface area contributed by atoms with E-state index in [-0.39, 0.29) is 35.6 Å². The van der Waals surface area contributed by atoms with Crippen molar-refractivity contribution in [1.82, 2.24) is 34.6 Å². The SMILES string of the molecule is CN(C)C(=O)c1cc2cnc(Nc3ccc(C(=O)N4CCN(CC#Cc5ccc(C6CCC(=O)NC6=O)cc5)CC4)cc3)nc2n1C1CCCC1. The molecule has 7 rings (SSSR count). The number of amides is 4. The molecule has 1 saturated carbocycles. The smallest absolute Gasteiger partial charge is 0.270 e. The summed E-state index contributed by atoms with van der Waals surface area (Å²) in [7, 11) is 3.53. The second-order valence-corrected chi connectivity index (χ2v) is 13.7. The van der Waals surface area contributed by atoms with Crippen LogP contribution in [0, 0.1) is 11.8 Å². The van der Waals surface area contributed by atoms with E-state index in [2.05, 4.69) is 36.9 Å². The van der Waals surface area contributed by atoms with Gasteiger partial charge in [-0.05, 0) is 67.3 Å². The minimum absolute atomic E-state index is 0.00598. The number of rotatable bonds is 7. The van der Waals surface area contributed by atoms with Gasteiger partial charge in [0.15, 0.2) is 0 Å². The molecule has 3 aliphatic rings. The number of nitrogens with zero attached hydrogens (tertiary/aromatic N) is 6. The number of hydrogen-bond acceptors (Lipinski definition) is 8. The van der Waals surface area contributed by atoms with E-state index in [1.807, 2.05) is 59.5 Å². The van der Waals surface area contributed by atoms with Gasteiger partial charge < -0.3 is 19.7 Å². The summed E-state index contributed by atoms with van der Waals surface area (Å²) in [5, 5.41) is 6.52. The number of piperazine rings is 1. The largest absolute Gasteiger partial charge is 0.343 e. The molecular formula is C39H42N8O4. The summed E-state index contributed by atoms with van der Waals surface area (Å²) in [6, 6.07) is 17.1. The van der Waals surface area contributed by atoms with Crippen LogP contribution in [-0.4, -0.2) is 99.7 Å². The molecule has 2 aromatic heterocycles. The molecule has 12 nitrogen and oxygen atoms in total. The first-order chi connectivity index (χ1) is 24.7. The third-order valence-electron chi connectivity index (χ3n) is 10.0. The number of nitrogens with one attached hydrogen (secondary N) is 2. The molecule has 4 heterocycles. The summed E-state index contributed by atoms with van der Waals surface area (Å²) in [4.78, 5) is 65.0. The number of anilines is 2. The Labute approximate surface area is 297 Å². The number of benzene rings is 2. The minimum atomic E-state index is -0.301. The van der Waals surface area contributed by atoms with Crippen LogP contribution in [0.1, 0.15) is 82.5 Å². The summed E-state index contributed by atoms with van der Waals surface area (Å²) in [6.45, 7) is 3.31. The molecule has 4 aromatic rings. The summed E-state index contributed by atoms with van der Waals surface area (Å²) < 4.78 is 2.09. The predicted molar refractivity (Wildman–Crippen MR) is 194 cm³/mol.